The zero-order valence-electron chi connectivity index (χ0n) is 10.3. The molecule has 0 aliphatic heterocycles. The molecule has 96 valence electrons. The lowest BCUT2D eigenvalue weighted by Crippen LogP contribution is -2.18. The van der Waals surface area contributed by atoms with Crippen molar-refractivity contribution in [2.75, 3.05) is 6.61 Å². The minimum absolute atomic E-state index is 0.0317. The summed E-state index contributed by atoms with van der Waals surface area (Å²) in [6.45, 7) is 1.95. The predicted molar refractivity (Wildman–Crippen MR) is 72.4 cm³/mol. The molecule has 0 aliphatic rings. The summed E-state index contributed by atoms with van der Waals surface area (Å²) in [6, 6.07) is 5.41. The van der Waals surface area contributed by atoms with Gasteiger partial charge in [0, 0.05) is 28.7 Å². The highest BCUT2D eigenvalue weighted by atomic mass is 16.5. The maximum atomic E-state index is 12.3. The van der Waals surface area contributed by atoms with Gasteiger partial charge in [0.05, 0.1) is 12.1 Å². The number of nitrogens with one attached hydrogen (secondary N) is 2. The average molecular weight is 256 g/mol. The molecule has 0 fully saturated rings. The van der Waals surface area contributed by atoms with Gasteiger partial charge in [0.2, 0.25) is 5.43 Å². The topological polar surface area (TPSA) is 75.0 Å². The Balaban J connectivity index is 2.30. The fraction of sp³-hybridized carbons (Fsp3) is 0.143. The number of carbonyl (C=O) groups excluding carboxylic acids is 1. The number of H-pyrrole nitrogens is 2. The maximum absolute atomic E-state index is 12.3. The maximum Gasteiger partial charge on any atom is 0.343 e. The van der Waals surface area contributed by atoms with E-state index in [0.29, 0.717) is 5.39 Å². The molecule has 2 N–H and O–H groups in total. The van der Waals surface area contributed by atoms with Crippen LogP contribution in [-0.2, 0) is 4.74 Å². The number of ether oxygens (including phenoxy) is 1. The number of benzene rings is 1. The number of hydrogen-bond acceptors (Lipinski definition) is 3. The van der Waals surface area contributed by atoms with Crippen molar-refractivity contribution in [1.82, 2.24) is 9.97 Å². The van der Waals surface area contributed by atoms with Crippen LogP contribution in [0.15, 0.2) is 35.4 Å². The first-order valence-corrected chi connectivity index (χ1v) is 6.01. The summed E-state index contributed by atoms with van der Waals surface area (Å²) < 4.78 is 4.87. The molecule has 0 saturated heterocycles. The molecule has 3 rings (SSSR count). The minimum atomic E-state index is -0.597. The van der Waals surface area contributed by atoms with Gasteiger partial charge in [-0.05, 0) is 25.1 Å². The predicted octanol–water partition coefficient (Wildman–Crippen LogP) is 2.19. The lowest BCUT2D eigenvalue weighted by molar-refractivity contribution is 0.0524. The van der Waals surface area contributed by atoms with Crippen LogP contribution in [0.5, 0.6) is 0 Å². The highest BCUT2D eigenvalue weighted by molar-refractivity contribution is 6.05. The van der Waals surface area contributed by atoms with Crippen LogP contribution in [0, 0.1) is 0 Å². The van der Waals surface area contributed by atoms with E-state index in [1.54, 1.807) is 13.0 Å². The highest BCUT2D eigenvalue weighted by Gasteiger charge is 2.14. The van der Waals surface area contributed by atoms with Crippen molar-refractivity contribution in [2.24, 2.45) is 0 Å². The zero-order valence-corrected chi connectivity index (χ0v) is 10.3. The Morgan fingerprint density at radius 1 is 1.21 bits per heavy atom. The first-order chi connectivity index (χ1) is 9.22. The Labute approximate surface area is 108 Å². The zero-order chi connectivity index (χ0) is 13.4. The molecule has 0 aliphatic carbocycles. The monoisotopic (exact) mass is 256 g/mol. The summed E-state index contributed by atoms with van der Waals surface area (Å²) in [5.41, 5.74) is 1.38. The molecular weight excluding hydrogens is 244 g/mol. The third-order valence-corrected chi connectivity index (χ3v) is 3.08. The largest absolute Gasteiger partial charge is 0.462 e. The van der Waals surface area contributed by atoms with Gasteiger partial charge in [0.15, 0.2) is 0 Å². The van der Waals surface area contributed by atoms with Crippen molar-refractivity contribution in [3.05, 3.63) is 46.4 Å². The van der Waals surface area contributed by atoms with Crippen molar-refractivity contribution < 1.29 is 9.53 Å². The van der Waals surface area contributed by atoms with Crippen LogP contribution in [0.25, 0.3) is 21.8 Å². The lowest BCUT2D eigenvalue weighted by Gasteiger charge is -2.04. The van der Waals surface area contributed by atoms with Gasteiger partial charge in [-0.2, -0.15) is 0 Å². The Morgan fingerprint density at radius 3 is 2.84 bits per heavy atom. The molecule has 0 unspecified atom stereocenters. The Bertz CT molecular complexity index is 829. The number of pyridine rings is 1. The van der Waals surface area contributed by atoms with Crippen LogP contribution in [0.4, 0.5) is 0 Å². The molecule has 0 bridgehead atoms. The molecule has 19 heavy (non-hydrogen) atoms. The number of aromatic nitrogens is 2. The molecule has 5 nitrogen and oxygen atoms in total. The van der Waals surface area contributed by atoms with E-state index in [1.807, 2.05) is 18.3 Å². The summed E-state index contributed by atoms with van der Waals surface area (Å²) in [6.07, 6.45) is 3.22. The smallest absolute Gasteiger partial charge is 0.343 e. The van der Waals surface area contributed by atoms with Gasteiger partial charge >= 0.3 is 5.97 Å². The first-order valence-electron chi connectivity index (χ1n) is 6.01. The van der Waals surface area contributed by atoms with Crippen molar-refractivity contribution >= 4 is 27.8 Å². The second kappa shape index (κ2) is 4.28. The van der Waals surface area contributed by atoms with E-state index in [9.17, 15) is 9.59 Å². The molecule has 0 saturated carbocycles. The van der Waals surface area contributed by atoms with E-state index in [1.165, 1.54) is 6.20 Å². The van der Waals surface area contributed by atoms with E-state index in [0.717, 1.165) is 16.4 Å². The molecule has 0 amide bonds. The van der Waals surface area contributed by atoms with Gasteiger partial charge in [-0.25, -0.2) is 4.79 Å². The molecule has 0 atom stereocenters. The fourth-order valence-electron chi connectivity index (χ4n) is 2.19. The van der Waals surface area contributed by atoms with Crippen LogP contribution in [0.1, 0.15) is 17.3 Å². The Kier molecular flexibility index (Phi) is 2.59. The molecule has 3 aromatic rings. The molecular formula is C14H12N2O3. The lowest BCUT2D eigenvalue weighted by atomic mass is 10.1. The number of carbonyl (C=O) groups is 1. The Hall–Kier alpha value is -2.56. The van der Waals surface area contributed by atoms with Gasteiger partial charge in [-0.3, -0.25) is 4.79 Å². The standard InChI is InChI=1S/C14H12N2O3/c1-2-19-14(18)10-7-16-12-8-5-6-15-11(8)4-3-9(12)13(10)17/h3-7,15H,2H2,1H3,(H,16,17). The number of rotatable bonds is 2. The number of fused-ring (bicyclic) bond motifs is 3. The van der Waals surface area contributed by atoms with E-state index < -0.39 is 5.97 Å². The van der Waals surface area contributed by atoms with E-state index >= 15 is 0 Å². The van der Waals surface area contributed by atoms with Crippen molar-refractivity contribution in [3.8, 4) is 0 Å². The van der Waals surface area contributed by atoms with Crippen molar-refractivity contribution in [2.45, 2.75) is 6.92 Å². The van der Waals surface area contributed by atoms with Gasteiger partial charge < -0.3 is 14.7 Å². The quantitative estimate of drug-likeness (QED) is 0.690. The van der Waals surface area contributed by atoms with Crippen LogP contribution < -0.4 is 5.43 Å². The summed E-state index contributed by atoms with van der Waals surface area (Å²) in [4.78, 5) is 30.0. The summed E-state index contributed by atoms with van der Waals surface area (Å²) in [7, 11) is 0. The number of hydrogen-bond donors (Lipinski definition) is 2. The van der Waals surface area contributed by atoms with Gasteiger partial charge in [0.25, 0.3) is 0 Å². The van der Waals surface area contributed by atoms with E-state index in [2.05, 4.69) is 9.97 Å². The number of esters is 1. The van der Waals surface area contributed by atoms with Gasteiger partial charge in [-0.15, -0.1) is 0 Å². The van der Waals surface area contributed by atoms with E-state index in [-0.39, 0.29) is 17.6 Å². The van der Waals surface area contributed by atoms with Crippen molar-refractivity contribution in [1.29, 1.82) is 0 Å². The Morgan fingerprint density at radius 2 is 2.05 bits per heavy atom. The van der Waals surface area contributed by atoms with Crippen molar-refractivity contribution in [3.63, 3.8) is 0 Å². The van der Waals surface area contributed by atoms with Crippen LogP contribution >= 0.6 is 0 Å². The third-order valence-electron chi connectivity index (χ3n) is 3.08. The SMILES string of the molecule is CCOC(=O)c1c[nH]c2c(ccc3[nH]ccc32)c1=O. The average Bonchev–Trinajstić information content (AvgIpc) is 2.87. The normalized spacial score (nSPS) is 11.0. The van der Waals surface area contributed by atoms with Crippen LogP contribution in [0.3, 0.4) is 0 Å². The molecule has 5 heteroatoms. The molecule has 1 aromatic carbocycles. The second-order valence-electron chi connectivity index (χ2n) is 4.18. The summed E-state index contributed by atoms with van der Waals surface area (Å²) in [5.74, 6) is -0.597. The molecule has 2 heterocycles. The third kappa shape index (κ3) is 1.71. The molecule has 0 radical (unpaired) electrons. The first kappa shape index (κ1) is 11.5. The van der Waals surface area contributed by atoms with Gasteiger partial charge in [-0.1, -0.05) is 0 Å². The highest BCUT2D eigenvalue weighted by Crippen LogP contribution is 2.20. The molecule has 0 spiro atoms. The van der Waals surface area contributed by atoms with Crippen LogP contribution in [-0.4, -0.2) is 22.5 Å². The molecule has 2 aromatic heterocycles. The second-order valence-corrected chi connectivity index (χ2v) is 4.18. The van der Waals surface area contributed by atoms with Crippen LogP contribution in [0.2, 0.25) is 0 Å². The van der Waals surface area contributed by atoms with Gasteiger partial charge in [0.1, 0.15) is 5.56 Å². The summed E-state index contributed by atoms with van der Waals surface area (Å²) >= 11 is 0. The minimum Gasteiger partial charge on any atom is -0.462 e. The fourth-order valence-corrected chi connectivity index (χ4v) is 2.19. The number of aromatic amines is 2. The summed E-state index contributed by atoms with van der Waals surface area (Å²) in [5, 5.41) is 1.41. The van der Waals surface area contributed by atoms with E-state index in [4.69, 9.17) is 4.74 Å².